The van der Waals surface area contributed by atoms with E-state index in [9.17, 15) is 9.90 Å². The van der Waals surface area contributed by atoms with E-state index >= 15 is 0 Å². The van der Waals surface area contributed by atoms with Crippen LogP contribution in [0.5, 0.6) is 5.75 Å². The van der Waals surface area contributed by atoms with Crippen LogP contribution in [0.25, 0.3) is 11.1 Å². The number of nitrogens with zero attached hydrogens (tertiary/aromatic N) is 1. The van der Waals surface area contributed by atoms with Gasteiger partial charge < -0.3 is 14.8 Å². The molecule has 1 amide bonds. The molecule has 0 fully saturated rings. The van der Waals surface area contributed by atoms with Crippen molar-refractivity contribution in [1.29, 1.82) is 0 Å². The number of rotatable bonds is 2. The van der Waals surface area contributed by atoms with Gasteiger partial charge in [0.15, 0.2) is 5.58 Å². The molecule has 84 valence electrons. The fraction of sp³-hybridized carbons (Fsp3) is 0.273. The van der Waals surface area contributed by atoms with Crippen LogP contribution < -0.4 is 5.32 Å². The van der Waals surface area contributed by atoms with Crippen LogP contribution in [0.15, 0.2) is 22.6 Å². The third-order valence-corrected chi connectivity index (χ3v) is 2.18. The molecule has 0 bridgehead atoms. The lowest BCUT2D eigenvalue weighted by molar-refractivity contribution is -0.119. The fourth-order valence-corrected chi connectivity index (χ4v) is 1.48. The minimum Gasteiger partial charge on any atom is -0.508 e. The summed E-state index contributed by atoms with van der Waals surface area (Å²) < 4.78 is 5.43. The first-order valence-electron chi connectivity index (χ1n) is 4.93. The Kier molecular flexibility index (Phi) is 2.52. The van der Waals surface area contributed by atoms with Crippen LogP contribution in [0.3, 0.4) is 0 Å². The summed E-state index contributed by atoms with van der Waals surface area (Å²) in [7, 11) is 0. The number of fused-ring (bicyclic) bond motifs is 1. The lowest BCUT2D eigenvalue weighted by atomic mass is 10.3. The molecule has 1 heterocycles. The van der Waals surface area contributed by atoms with E-state index in [-0.39, 0.29) is 17.7 Å². The van der Waals surface area contributed by atoms with Gasteiger partial charge in [0.05, 0.1) is 0 Å². The topological polar surface area (TPSA) is 75.4 Å². The van der Waals surface area contributed by atoms with Crippen LogP contribution in [0.4, 0.5) is 0 Å². The predicted molar refractivity (Wildman–Crippen MR) is 57.9 cm³/mol. The molecular weight excluding hydrogens is 208 g/mol. The van der Waals surface area contributed by atoms with Crippen molar-refractivity contribution in [2.24, 2.45) is 0 Å². The van der Waals surface area contributed by atoms with Gasteiger partial charge >= 0.3 is 0 Å². The van der Waals surface area contributed by atoms with Crippen molar-refractivity contribution >= 4 is 17.0 Å². The van der Waals surface area contributed by atoms with Gasteiger partial charge in [0.25, 0.3) is 0 Å². The molecule has 0 aliphatic heterocycles. The lowest BCUT2D eigenvalue weighted by Crippen LogP contribution is -2.23. The second-order valence-electron chi connectivity index (χ2n) is 3.63. The zero-order valence-electron chi connectivity index (χ0n) is 9.02. The van der Waals surface area contributed by atoms with Gasteiger partial charge in [0.2, 0.25) is 11.8 Å². The number of benzene rings is 1. The fourth-order valence-electron chi connectivity index (χ4n) is 1.48. The molecule has 1 unspecified atom stereocenters. The molecule has 1 aromatic heterocycles. The maximum Gasteiger partial charge on any atom is 0.217 e. The highest BCUT2D eigenvalue weighted by atomic mass is 16.4. The van der Waals surface area contributed by atoms with E-state index in [1.807, 2.05) is 0 Å². The van der Waals surface area contributed by atoms with E-state index in [4.69, 9.17) is 4.42 Å². The second-order valence-corrected chi connectivity index (χ2v) is 3.63. The quantitative estimate of drug-likeness (QED) is 0.808. The molecule has 0 aliphatic carbocycles. The second kappa shape index (κ2) is 3.84. The number of hydrogen-bond acceptors (Lipinski definition) is 4. The minimum atomic E-state index is -0.285. The van der Waals surface area contributed by atoms with Crippen molar-refractivity contribution in [3.63, 3.8) is 0 Å². The molecule has 0 saturated carbocycles. The maximum absolute atomic E-state index is 10.9. The van der Waals surface area contributed by atoms with Crippen molar-refractivity contribution in [2.45, 2.75) is 19.9 Å². The van der Waals surface area contributed by atoms with E-state index < -0.39 is 0 Å². The number of aromatic hydroxyl groups is 1. The Labute approximate surface area is 92.1 Å². The van der Waals surface area contributed by atoms with E-state index in [1.54, 1.807) is 13.0 Å². The van der Waals surface area contributed by atoms with Crippen molar-refractivity contribution in [3.05, 3.63) is 24.1 Å². The normalized spacial score (nSPS) is 12.6. The Hall–Kier alpha value is -2.04. The van der Waals surface area contributed by atoms with Gasteiger partial charge in [-0.15, -0.1) is 0 Å². The number of nitrogens with one attached hydrogen (secondary N) is 1. The molecule has 2 aromatic rings. The highest BCUT2D eigenvalue weighted by Gasteiger charge is 2.14. The van der Waals surface area contributed by atoms with Crippen LogP contribution in [0.2, 0.25) is 0 Å². The Morgan fingerprint density at radius 1 is 1.56 bits per heavy atom. The van der Waals surface area contributed by atoms with Crippen molar-refractivity contribution < 1.29 is 14.3 Å². The summed E-state index contributed by atoms with van der Waals surface area (Å²) in [4.78, 5) is 15.1. The standard InChI is InChI=1S/C11H12N2O3/c1-6(12-7(2)14)11-13-9-4-3-8(15)5-10(9)16-11/h3-6,15H,1-2H3,(H,12,14). The zero-order valence-corrected chi connectivity index (χ0v) is 9.02. The average Bonchev–Trinajstić information content (AvgIpc) is 2.59. The Bertz CT molecular complexity index is 533. The summed E-state index contributed by atoms with van der Waals surface area (Å²) in [6, 6.07) is 4.41. The highest BCUT2D eigenvalue weighted by molar-refractivity contribution is 5.75. The molecule has 0 radical (unpaired) electrons. The molecule has 0 saturated heterocycles. The maximum atomic E-state index is 10.9. The molecular formula is C11H12N2O3. The average molecular weight is 220 g/mol. The molecule has 2 rings (SSSR count). The first-order chi connectivity index (χ1) is 7.56. The molecule has 0 aliphatic rings. The van der Waals surface area contributed by atoms with Gasteiger partial charge in [-0.2, -0.15) is 0 Å². The number of phenols is 1. The smallest absolute Gasteiger partial charge is 0.217 e. The number of aromatic nitrogens is 1. The Morgan fingerprint density at radius 2 is 2.31 bits per heavy atom. The predicted octanol–water partition coefficient (Wildman–Crippen LogP) is 1.73. The number of phenolic OH excluding ortho intramolecular Hbond substituents is 1. The summed E-state index contributed by atoms with van der Waals surface area (Å²) in [5, 5.41) is 11.9. The van der Waals surface area contributed by atoms with Gasteiger partial charge in [-0.1, -0.05) is 0 Å². The van der Waals surface area contributed by atoms with Crippen molar-refractivity contribution in [3.8, 4) is 5.75 Å². The van der Waals surface area contributed by atoms with Crippen LogP contribution in [-0.2, 0) is 4.79 Å². The first-order valence-corrected chi connectivity index (χ1v) is 4.93. The summed E-state index contributed by atoms with van der Waals surface area (Å²) in [5.41, 5.74) is 1.16. The van der Waals surface area contributed by atoms with E-state index in [1.165, 1.54) is 19.1 Å². The summed E-state index contributed by atoms with van der Waals surface area (Å²) in [6.07, 6.45) is 0. The number of oxazole rings is 1. The largest absolute Gasteiger partial charge is 0.508 e. The van der Waals surface area contributed by atoms with Gasteiger partial charge in [-0.25, -0.2) is 4.98 Å². The summed E-state index contributed by atoms with van der Waals surface area (Å²) in [5.74, 6) is 0.413. The number of carbonyl (C=O) groups excluding carboxylic acids is 1. The molecule has 5 heteroatoms. The lowest BCUT2D eigenvalue weighted by Gasteiger charge is -2.06. The number of hydrogen-bond donors (Lipinski definition) is 2. The molecule has 1 atom stereocenters. The Morgan fingerprint density at radius 3 is 3.00 bits per heavy atom. The third-order valence-electron chi connectivity index (χ3n) is 2.18. The highest BCUT2D eigenvalue weighted by Crippen LogP contribution is 2.23. The monoisotopic (exact) mass is 220 g/mol. The van der Waals surface area contributed by atoms with E-state index in [0.29, 0.717) is 17.0 Å². The van der Waals surface area contributed by atoms with Gasteiger partial charge in [0.1, 0.15) is 17.3 Å². The van der Waals surface area contributed by atoms with Crippen LogP contribution in [0.1, 0.15) is 25.8 Å². The summed E-state index contributed by atoms with van der Waals surface area (Å²) >= 11 is 0. The van der Waals surface area contributed by atoms with Gasteiger partial charge in [-0.3, -0.25) is 4.79 Å². The van der Waals surface area contributed by atoms with Crippen LogP contribution in [0, 0.1) is 0 Å². The van der Waals surface area contributed by atoms with Crippen molar-refractivity contribution in [1.82, 2.24) is 10.3 Å². The number of amides is 1. The molecule has 1 aromatic carbocycles. The molecule has 2 N–H and O–H groups in total. The van der Waals surface area contributed by atoms with E-state index in [0.717, 1.165) is 0 Å². The van der Waals surface area contributed by atoms with Gasteiger partial charge in [0, 0.05) is 13.0 Å². The van der Waals surface area contributed by atoms with Crippen LogP contribution in [-0.4, -0.2) is 16.0 Å². The number of carbonyl (C=O) groups is 1. The first kappa shape index (κ1) is 10.5. The Balaban J connectivity index is 2.35. The third kappa shape index (κ3) is 1.98. The van der Waals surface area contributed by atoms with Crippen molar-refractivity contribution in [2.75, 3.05) is 0 Å². The zero-order chi connectivity index (χ0) is 11.7. The molecule has 0 spiro atoms. The SMILES string of the molecule is CC(=O)NC(C)c1nc2ccc(O)cc2o1. The van der Waals surface area contributed by atoms with E-state index in [2.05, 4.69) is 10.3 Å². The minimum absolute atomic E-state index is 0.127. The molecule has 16 heavy (non-hydrogen) atoms. The summed E-state index contributed by atoms with van der Waals surface area (Å²) in [6.45, 7) is 3.22. The molecule has 5 nitrogen and oxygen atoms in total. The van der Waals surface area contributed by atoms with Crippen LogP contribution >= 0.6 is 0 Å². The van der Waals surface area contributed by atoms with Gasteiger partial charge in [-0.05, 0) is 19.1 Å².